The lowest BCUT2D eigenvalue weighted by atomic mass is 10.2. The van der Waals surface area contributed by atoms with Crippen LogP contribution in [0.2, 0.25) is 0 Å². The number of nitrogens with one attached hydrogen (secondary N) is 1. The number of carbonyl (C=O) groups is 1. The van der Waals surface area contributed by atoms with Gasteiger partial charge in [0, 0.05) is 24.8 Å². The maximum atomic E-state index is 12.9. The van der Waals surface area contributed by atoms with Crippen LogP contribution < -0.4 is 21.3 Å². The fourth-order valence-corrected chi connectivity index (χ4v) is 3.41. The molecule has 0 bridgehead atoms. The molecule has 2 heterocycles. The molecular weight excluding hydrogens is 324 g/mol. The molecule has 8 heteroatoms. The van der Waals surface area contributed by atoms with Crippen LogP contribution in [-0.2, 0) is 18.4 Å². The highest BCUT2D eigenvalue weighted by Crippen LogP contribution is 2.23. The topological polar surface area (TPSA) is 95.2 Å². The van der Waals surface area contributed by atoms with E-state index in [-0.39, 0.29) is 29.5 Å². The maximum Gasteiger partial charge on any atom is 0.332 e. The Morgan fingerprint density at radius 1 is 1.36 bits per heavy atom. The van der Waals surface area contributed by atoms with Gasteiger partial charge < -0.3 is 10.1 Å². The lowest BCUT2D eigenvalue weighted by molar-refractivity contribution is -0.122. The second-order valence-electron chi connectivity index (χ2n) is 6.45. The predicted octanol–water partition coefficient (Wildman–Crippen LogP) is 0.471. The molecule has 0 aromatic carbocycles. The molecule has 0 radical (unpaired) electrons. The lowest BCUT2D eigenvalue weighted by Crippen LogP contribution is -2.45. The summed E-state index contributed by atoms with van der Waals surface area (Å²) in [6.45, 7) is 1.46. The molecule has 2 aromatic heterocycles. The molecule has 1 amide bonds. The Hall–Kier alpha value is -2.64. The normalized spacial score (nSPS) is 14.8. The van der Waals surface area contributed by atoms with E-state index in [2.05, 4.69) is 10.3 Å². The zero-order valence-electron chi connectivity index (χ0n) is 14.7. The van der Waals surface area contributed by atoms with E-state index in [1.165, 1.54) is 18.7 Å². The number of pyridine rings is 1. The van der Waals surface area contributed by atoms with Gasteiger partial charge in [0.1, 0.15) is 17.7 Å². The Morgan fingerprint density at radius 2 is 2.04 bits per heavy atom. The average Bonchev–Trinajstić information content (AvgIpc) is 3.09. The van der Waals surface area contributed by atoms with E-state index in [1.807, 2.05) is 0 Å². The number of ether oxygens (including phenoxy) is 1. The summed E-state index contributed by atoms with van der Waals surface area (Å²) in [6, 6.07) is 0.131. The quantitative estimate of drug-likeness (QED) is 0.868. The Kier molecular flexibility index (Phi) is 4.61. The zero-order chi connectivity index (χ0) is 18.1. The van der Waals surface area contributed by atoms with Gasteiger partial charge in [0.15, 0.2) is 5.65 Å². The van der Waals surface area contributed by atoms with Crippen molar-refractivity contribution >= 4 is 16.9 Å². The number of hydrogen-bond donors (Lipinski definition) is 1. The van der Waals surface area contributed by atoms with Crippen molar-refractivity contribution in [3.8, 4) is 5.75 Å². The third kappa shape index (κ3) is 3.04. The van der Waals surface area contributed by atoms with E-state index in [0.717, 1.165) is 30.3 Å². The van der Waals surface area contributed by atoms with E-state index in [4.69, 9.17) is 4.74 Å². The van der Waals surface area contributed by atoms with Gasteiger partial charge in [-0.1, -0.05) is 12.8 Å². The van der Waals surface area contributed by atoms with Gasteiger partial charge in [-0.3, -0.25) is 14.2 Å². The Morgan fingerprint density at radius 3 is 2.68 bits per heavy atom. The molecule has 3 rings (SSSR count). The Balaban J connectivity index is 2.07. The van der Waals surface area contributed by atoms with Crippen LogP contribution in [-0.4, -0.2) is 33.2 Å². The minimum absolute atomic E-state index is 0.131. The second-order valence-corrected chi connectivity index (χ2v) is 6.45. The summed E-state index contributed by atoms with van der Waals surface area (Å²) in [5, 5.41) is 3.10. The summed E-state index contributed by atoms with van der Waals surface area (Å²) in [6.07, 6.45) is 5.60. The molecule has 2 aromatic rings. The predicted molar refractivity (Wildman–Crippen MR) is 92.9 cm³/mol. The van der Waals surface area contributed by atoms with Crippen LogP contribution in [0.25, 0.3) is 11.0 Å². The summed E-state index contributed by atoms with van der Waals surface area (Å²) in [5.74, 6) is 0.0422. The Labute approximate surface area is 144 Å². The minimum Gasteiger partial charge on any atom is -0.495 e. The van der Waals surface area contributed by atoms with Crippen LogP contribution in [0, 0.1) is 6.92 Å². The van der Waals surface area contributed by atoms with Gasteiger partial charge in [0.05, 0.1) is 7.11 Å². The number of rotatable bonds is 4. The van der Waals surface area contributed by atoms with Gasteiger partial charge in [-0.2, -0.15) is 0 Å². The molecule has 1 aliphatic carbocycles. The number of aryl methyl sites for hydroxylation is 2. The van der Waals surface area contributed by atoms with Crippen molar-refractivity contribution in [2.24, 2.45) is 7.05 Å². The number of aromatic nitrogens is 3. The van der Waals surface area contributed by atoms with E-state index in [9.17, 15) is 14.4 Å². The first-order valence-electron chi connectivity index (χ1n) is 8.36. The first-order chi connectivity index (χ1) is 11.9. The summed E-state index contributed by atoms with van der Waals surface area (Å²) < 4.78 is 7.54. The SMILES string of the molecule is COc1c(C)cnc2c1c(=O)n(CC(=O)NC1CCCC1)c(=O)n2C. The number of hydrogen-bond acceptors (Lipinski definition) is 5. The largest absolute Gasteiger partial charge is 0.495 e. The van der Waals surface area contributed by atoms with Crippen LogP contribution in [0.1, 0.15) is 31.2 Å². The third-order valence-electron chi connectivity index (χ3n) is 4.71. The molecule has 0 unspecified atom stereocenters. The first kappa shape index (κ1) is 17.2. The number of nitrogens with zero attached hydrogens (tertiary/aromatic N) is 3. The molecule has 0 spiro atoms. The highest BCUT2D eigenvalue weighted by molar-refractivity contribution is 5.83. The smallest absolute Gasteiger partial charge is 0.332 e. The van der Waals surface area contributed by atoms with Crippen molar-refractivity contribution in [2.45, 2.75) is 45.2 Å². The molecule has 134 valence electrons. The number of fused-ring (bicyclic) bond motifs is 1. The van der Waals surface area contributed by atoms with Gasteiger partial charge >= 0.3 is 5.69 Å². The summed E-state index contributed by atoms with van der Waals surface area (Å²) >= 11 is 0. The number of methoxy groups -OCH3 is 1. The average molecular weight is 346 g/mol. The van der Waals surface area contributed by atoms with Gasteiger partial charge in [0.25, 0.3) is 5.56 Å². The molecule has 0 saturated heterocycles. The molecule has 1 N–H and O–H groups in total. The molecule has 0 atom stereocenters. The van der Waals surface area contributed by atoms with Crippen LogP contribution in [0.5, 0.6) is 5.75 Å². The number of carbonyl (C=O) groups excluding carboxylic acids is 1. The van der Waals surface area contributed by atoms with Crippen molar-refractivity contribution in [3.05, 3.63) is 32.6 Å². The lowest BCUT2D eigenvalue weighted by Gasteiger charge is -2.15. The van der Waals surface area contributed by atoms with Crippen molar-refractivity contribution < 1.29 is 9.53 Å². The van der Waals surface area contributed by atoms with E-state index in [1.54, 1.807) is 13.1 Å². The molecule has 0 aliphatic heterocycles. The molecule has 1 saturated carbocycles. The van der Waals surface area contributed by atoms with Gasteiger partial charge in [-0.05, 0) is 19.8 Å². The van der Waals surface area contributed by atoms with Crippen LogP contribution in [0.3, 0.4) is 0 Å². The number of amides is 1. The molecule has 1 fully saturated rings. The zero-order valence-corrected chi connectivity index (χ0v) is 14.7. The summed E-state index contributed by atoms with van der Waals surface area (Å²) in [5.41, 5.74) is -0.206. The second kappa shape index (κ2) is 6.70. The molecule has 8 nitrogen and oxygen atoms in total. The molecule has 1 aliphatic rings. The van der Waals surface area contributed by atoms with E-state index >= 15 is 0 Å². The minimum atomic E-state index is -0.572. The van der Waals surface area contributed by atoms with Crippen LogP contribution in [0.15, 0.2) is 15.8 Å². The Bertz CT molecular complexity index is 938. The van der Waals surface area contributed by atoms with Crippen molar-refractivity contribution in [1.82, 2.24) is 19.4 Å². The monoisotopic (exact) mass is 346 g/mol. The van der Waals surface area contributed by atoms with Gasteiger partial charge in [-0.25, -0.2) is 14.3 Å². The standard InChI is InChI=1S/C17H22N4O4/c1-10-8-18-15-13(14(10)25-3)16(23)21(17(24)20(15)2)9-12(22)19-11-6-4-5-7-11/h8,11H,4-7,9H2,1-3H3,(H,19,22). The van der Waals surface area contributed by atoms with Crippen molar-refractivity contribution in [2.75, 3.05) is 7.11 Å². The molecular formula is C17H22N4O4. The summed E-state index contributed by atoms with van der Waals surface area (Å²) in [7, 11) is 2.99. The first-order valence-corrected chi connectivity index (χ1v) is 8.36. The summed E-state index contributed by atoms with van der Waals surface area (Å²) in [4.78, 5) is 41.8. The van der Waals surface area contributed by atoms with Crippen LogP contribution >= 0.6 is 0 Å². The van der Waals surface area contributed by atoms with E-state index < -0.39 is 11.2 Å². The maximum absolute atomic E-state index is 12.9. The van der Waals surface area contributed by atoms with Gasteiger partial charge in [0.2, 0.25) is 5.91 Å². The highest BCUT2D eigenvalue weighted by atomic mass is 16.5. The fourth-order valence-electron chi connectivity index (χ4n) is 3.41. The van der Waals surface area contributed by atoms with Crippen LogP contribution in [0.4, 0.5) is 0 Å². The van der Waals surface area contributed by atoms with Gasteiger partial charge in [-0.15, -0.1) is 0 Å². The highest BCUT2D eigenvalue weighted by Gasteiger charge is 2.21. The third-order valence-corrected chi connectivity index (χ3v) is 4.71. The van der Waals surface area contributed by atoms with Crippen molar-refractivity contribution in [1.29, 1.82) is 0 Å². The van der Waals surface area contributed by atoms with E-state index in [0.29, 0.717) is 11.3 Å². The molecule has 25 heavy (non-hydrogen) atoms. The fraction of sp³-hybridized carbons (Fsp3) is 0.529. The van der Waals surface area contributed by atoms with Crippen molar-refractivity contribution in [3.63, 3.8) is 0 Å².